The molecule has 1 aliphatic heterocycles. The van der Waals surface area contributed by atoms with E-state index in [1.807, 2.05) is 19.0 Å². The monoisotopic (exact) mass is 266 g/mol. The molecule has 7 nitrogen and oxygen atoms in total. The summed E-state index contributed by atoms with van der Waals surface area (Å²) in [6, 6.07) is 0. The Balaban J connectivity index is 1.93. The summed E-state index contributed by atoms with van der Waals surface area (Å²) in [5.74, 6) is 0.343. The van der Waals surface area contributed by atoms with E-state index >= 15 is 0 Å². The Morgan fingerprint density at radius 3 is 2.74 bits per heavy atom. The van der Waals surface area contributed by atoms with Crippen molar-refractivity contribution in [3.63, 3.8) is 0 Å². The van der Waals surface area contributed by atoms with Gasteiger partial charge in [0, 0.05) is 20.0 Å². The van der Waals surface area contributed by atoms with E-state index in [1.54, 1.807) is 4.90 Å². The van der Waals surface area contributed by atoms with Gasteiger partial charge in [-0.25, -0.2) is 4.98 Å². The number of fused-ring (bicyclic) bond motifs is 1. The Hall–Kier alpha value is -1.89. The SMILES string of the molecule is CC(=O)N1Cc2nc(C(=O)NCCN(C)C)oc2C1. The van der Waals surface area contributed by atoms with Crippen LogP contribution in [0.25, 0.3) is 0 Å². The third kappa shape index (κ3) is 3.11. The van der Waals surface area contributed by atoms with Crippen LogP contribution in [0.1, 0.15) is 29.1 Å². The number of nitrogens with zero attached hydrogens (tertiary/aromatic N) is 3. The molecule has 0 atom stereocenters. The van der Waals surface area contributed by atoms with Gasteiger partial charge in [-0.1, -0.05) is 0 Å². The van der Waals surface area contributed by atoms with Gasteiger partial charge >= 0.3 is 5.91 Å². The molecule has 0 bridgehead atoms. The van der Waals surface area contributed by atoms with Crippen molar-refractivity contribution < 1.29 is 14.0 Å². The largest absolute Gasteiger partial charge is 0.435 e. The zero-order valence-corrected chi connectivity index (χ0v) is 11.4. The highest BCUT2D eigenvalue weighted by molar-refractivity contribution is 5.89. The van der Waals surface area contributed by atoms with Crippen LogP contribution in [0.2, 0.25) is 0 Å². The summed E-state index contributed by atoms with van der Waals surface area (Å²) in [5.41, 5.74) is 0.674. The summed E-state index contributed by atoms with van der Waals surface area (Å²) in [7, 11) is 3.87. The molecule has 0 aromatic carbocycles. The van der Waals surface area contributed by atoms with Crippen molar-refractivity contribution in [1.29, 1.82) is 0 Å². The first-order valence-electron chi connectivity index (χ1n) is 6.14. The van der Waals surface area contributed by atoms with Crippen LogP contribution in [-0.4, -0.2) is 53.8 Å². The Labute approximate surface area is 111 Å². The zero-order chi connectivity index (χ0) is 14.0. The third-order valence-corrected chi connectivity index (χ3v) is 2.94. The van der Waals surface area contributed by atoms with Crippen LogP contribution >= 0.6 is 0 Å². The third-order valence-electron chi connectivity index (χ3n) is 2.94. The van der Waals surface area contributed by atoms with Crippen LogP contribution in [0.3, 0.4) is 0 Å². The van der Waals surface area contributed by atoms with Crippen LogP contribution in [0.15, 0.2) is 4.42 Å². The van der Waals surface area contributed by atoms with Crippen molar-refractivity contribution in [1.82, 2.24) is 20.1 Å². The van der Waals surface area contributed by atoms with Gasteiger partial charge in [0.05, 0.1) is 13.1 Å². The number of carbonyl (C=O) groups excluding carboxylic acids is 2. The number of hydrogen-bond acceptors (Lipinski definition) is 5. The minimum Gasteiger partial charge on any atom is -0.435 e. The Morgan fingerprint density at radius 1 is 1.42 bits per heavy atom. The van der Waals surface area contributed by atoms with E-state index in [-0.39, 0.29) is 17.7 Å². The lowest BCUT2D eigenvalue weighted by Gasteiger charge is -2.11. The second-order valence-corrected chi connectivity index (χ2v) is 4.82. The number of likely N-dealkylation sites (N-methyl/N-ethyl adjacent to an activating group) is 1. The standard InChI is InChI=1S/C12H18N4O3/c1-8(17)16-6-9-10(7-16)19-12(14-9)11(18)13-4-5-15(2)3/h4-7H2,1-3H3,(H,13,18). The molecule has 1 N–H and O–H groups in total. The van der Waals surface area contributed by atoms with E-state index in [0.29, 0.717) is 31.1 Å². The molecule has 0 unspecified atom stereocenters. The molecule has 1 aromatic rings. The highest BCUT2D eigenvalue weighted by Gasteiger charge is 2.28. The Kier molecular flexibility index (Phi) is 3.84. The van der Waals surface area contributed by atoms with Gasteiger partial charge in [0.15, 0.2) is 0 Å². The molecule has 0 radical (unpaired) electrons. The molecule has 0 fully saturated rings. The molecule has 2 heterocycles. The lowest BCUT2D eigenvalue weighted by atomic mass is 10.4. The predicted molar refractivity (Wildman–Crippen MR) is 67.3 cm³/mol. The normalized spacial score (nSPS) is 13.8. The molecule has 2 rings (SSSR count). The van der Waals surface area contributed by atoms with Crippen LogP contribution in [0.5, 0.6) is 0 Å². The molecule has 7 heteroatoms. The summed E-state index contributed by atoms with van der Waals surface area (Å²) >= 11 is 0. The molecule has 0 saturated heterocycles. The molecule has 1 aromatic heterocycles. The minimum absolute atomic E-state index is 0.0230. The molecule has 0 aliphatic carbocycles. The number of rotatable bonds is 4. The van der Waals surface area contributed by atoms with Gasteiger partial charge in [-0.15, -0.1) is 0 Å². The van der Waals surface area contributed by atoms with Crippen molar-refractivity contribution in [2.75, 3.05) is 27.2 Å². The minimum atomic E-state index is -0.314. The smallest absolute Gasteiger partial charge is 0.307 e. The summed E-state index contributed by atoms with van der Waals surface area (Å²) in [4.78, 5) is 30.7. The maximum atomic E-state index is 11.8. The van der Waals surface area contributed by atoms with E-state index in [2.05, 4.69) is 10.3 Å². The van der Waals surface area contributed by atoms with E-state index in [9.17, 15) is 9.59 Å². The van der Waals surface area contributed by atoms with E-state index in [4.69, 9.17) is 4.42 Å². The predicted octanol–water partition coefficient (Wildman–Crippen LogP) is -0.172. The molecule has 0 spiro atoms. The van der Waals surface area contributed by atoms with Crippen LogP contribution in [0, 0.1) is 0 Å². The fourth-order valence-electron chi connectivity index (χ4n) is 1.83. The van der Waals surface area contributed by atoms with Gasteiger partial charge in [-0.2, -0.15) is 0 Å². The Morgan fingerprint density at radius 2 is 2.16 bits per heavy atom. The van der Waals surface area contributed by atoms with E-state index in [1.165, 1.54) is 6.92 Å². The highest BCUT2D eigenvalue weighted by atomic mass is 16.4. The highest BCUT2D eigenvalue weighted by Crippen LogP contribution is 2.23. The average molecular weight is 266 g/mol. The summed E-state index contributed by atoms with van der Waals surface area (Å²) in [5, 5.41) is 2.74. The van der Waals surface area contributed by atoms with Gasteiger partial charge in [-0.05, 0) is 14.1 Å². The lowest BCUT2D eigenvalue weighted by molar-refractivity contribution is -0.129. The molecular formula is C12H18N4O3. The van der Waals surface area contributed by atoms with Gasteiger partial charge in [0.25, 0.3) is 5.89 Å². The van der Waals surface area contributed by atoms with Crippen molar-refractivity contribution in [3.05, 3.63) is 17.3 Å². The van der Waals surface area contributed by atoms with Crippen molar-refractivity contribution in [2.45, 2.75) is 20.0 Å². The van der Waals surface area contributed by atoms with Crippen LogP contribution in [-0.2, 0) is 17.9 Å². The maximum Gasteiger partial charge on any atom is 0.307 e. The van der Waals surface area contributed by atoms with Gasteiger partial charge in [0.1, 0.15) is 11.5 Å². The molecule has 2 amide bonds. The van der Waals surface area contributed by atoms with Gasteiger partial charge < -0.3 is 19.5 Å². The molecule has 1 aliphatic rings. The molecule has 0 saturated carbocycles. The average Bonchev–Trinajstić information content (AvgIpc) is 2.85. The van der Waals surface area contributed by atoms with Crippen LogP contribution in [0.4, 0.5) is 0 Å². The second kappa shape index (κ2) is 5.40. The first kappa shape index (κ1) is 13.5. The topological polar surface area (TPSA) is 78.7 Å². The molecular weight excluding hydrogens is 248 g/mol. The van der Waals surface area contributed by atoms with Crippen molar-refractivity contribution >= 4 is 11.8 Å². The number of oxazole rings is 1. The number of nitrogens with one attached hydrogen (secondary N) is 1. The number of carbonyl (C=O) groups is 2. The molecule has 104 valence electrons. The number of hydrogen-bond donors (Lipinski definition) is 1. The van der Waals surface area contributed by atoms with Crippen molar-refractivity contribution in [2.24, 2.45) is 0 Å². The zero-order valence-electron chi connectivity index (χ0n) is 11.4. The quantitative estimate of drug-likeness (QED) is 0.818. The van der Waals surface area contributed by atoms with Gasteiger partial charge in [-0.3, -0.25) is 9.59 Å². The second-order valence-electron chi connectivity index (χ2n) is 4.82. The first-order valence-corrected chi connectivity index (χ1v) is 6.14. The van der Waals surface area contributed by atoms with Gasteiger partial charge in [0.2, 0.25) is 5.91 Å². The summed E-state index contributed by atoms with van der Waals surface area (Å²) in [6.07, 6.45) is 0. The Bertz CT molecular complexity index is 472. The van der Waals surface area contributed by atoms with Crippen molar-refractivity contribution in [3.8, 4) is 0 Å². The first-order chi connectivity index (χ1) is 8.97. The van der Waals surface area contributed by atoms with Crippen LogP contribution < -0.4 is 5.32 Å². The summed E-state index contributed by atoms with van der Waals surface area (Å²) in [6.45, 7) is 3.60. The lowest BCUT2D eigenvalue weighted by Crippen LogP contribution is -2.31. The van der Waals surface area contributed by atoms with E-state index in [0.717, 1.165) is 6.54 Å². The number of aromatic nitrogens is 1. The summed E-state index contributed by atoms with van der Waals surface area (Å²) < 4.78 is 5.40. The maximum absolute atomic E-state index is 11.8. The number of amides is 2. The molecule has 19 heavy (non-hydrogen) atoms. The van der Waals surface area contributed by atoms with E-state index < -0.39 is 0 Å². The fourth-order valence-corrected chi connectivity index (χ4v) is 1.83. The fraction of sp³-hybridized carbons (Fsp3) is 0.583.